The molecule has 0 saturated carbocycles. The van der Waals surface area contributed by atoms with Crippen LogP contribution in [0.1, 0.15) is 54.9 Å². The third kappa shape index (κ3) is 4.94. The van der Waals surface area contributed by atoms with Gasteiger partial charge in [-0.2, -0.15) is 10.2 Å². The Balaban J connectivity index is 1.94. The largest absolute Gasteiger partial charge is 0.385 e. The van der Waals surface area contributed by atoms with Crippen LogP contribution in [0.25, 0.3) is 28.1 Å². The minimum absolute atomic E-state index is 0.0518. The molecular formula is C26H30FN7O. The van der Waals surface area contributed by atoms with Crippen molar-refractivity contribution >= 4 is 22.6 Å². The number of nitrogens with two attached hydrogens (primary N) is 1. The standard InChI is InChI=1S/C26H30FN7O/c1-5-6-7-14-33-26-21(25(32-33)19-8-10-20(27)11-9-19)12-13-29-23(15-22(28)30-26)34-17(3)24(18(4)35)16(2)31-34/h8-13,15,30H,5-7,14,28H2,1-4H3. The number of aryl methyl sites for hydroxylation is 2. The van der Waals surface area contributed by atoms with E-state index in [9.17, 15) is 9.18 Å². The fraction of sp³-hybridized carbons (Fsp3) is 0.308. The topological polar surface area (TPSA) is 107 Å². The average Bonchev–Trinajstić information content (AvgIpc) is 3.32. The summed E-state index contributed by atoms with van der Waals surface area (Å²) in [5, 5.41) is 10.2. The smallest absolute Gasteiger partial charge is 0.163 e. The van der Waals surface area contributed by atoms with Crippen molar-refractivity contribution in [2.24, 2.45) is 0 Å². The third-order valence-corrected chi connectivity index (χ3v) is 5.94. The molecule has 0 unspecified atom stereocenters. The van der Waals surface area contributed by atoms with Crippen LogP contribution in [0.15, 0.2) is 42.6 Å². The van der Waals surface area contributed by atoms with Crippen LogP contribution in [-0.4, -0.2) is 35.3 Å². The van der Waals surface area contributed by atoms with Crippen molar-refractivity contribution in [1.82, 2.24) is 29.5 Å². The van der Waals surface area contributed by atoms with E-state index in [4.69, 9.17) is 10.8 Å². The van der Waals surface area contributed by atoms with Crippen LogP contribution in [0.5, 0.6) is 0 Å². The third-order valence-electron chi connectivity index (χ3n) is 5.94. The summed E-state index contributed by atoms with van der Waals surface area (Å²) in [6, 6.07) is 9.80. The number of benzene rings is 1. The van der Waals surface area contributed by atoms with Crippen LogP contribution in [-0.2, 0) is 6.54 Å². The van der Waals surface area contributed by atoms with Gasteiger partial charge in [0.2, 0.25) is 0 Å². The Morgan fingerprint density at radius 1 is 1.11 bits per heavy atom. The molecule has 4 rings (SSSR count). The monoisotopic (exact) mass is 475 g/mol. The Labute approximate surface area is 203 Å². The van der Waals surface area contributed by atoms with Gasteiger partial charge in [0.1, 0.15) is 23.0 Å². The minimum atomic E-state index is -0.305. The number of nitrogens with zero attached hydrogens (tertiary/aromatic N) is 5. The summed E-state index contributed by atoms with van der Waals surface area (Å²) in [5.74, 6) is 0.469. The lowest BCUT2D eigenvalue weighted by molar-refractivity contribution is 0.101. The van der Waals surface area contributed by atoms with Gasteiger partial charge in [-0.05, 0) is 57.5 Å². The lowest BCUT2D eigenvalue weighted by Gasteiger charge is -2.03. The van der Waals surface area contributed by atoms with Gasteiger partial charge >= 0.3 is 0 Å². The number of nitrogen functional groups attached to an aromatic ring is 1. The first-order valence-electron chi connectivity index (χ1n) is 11.7. The molecule has 1 aromatic carbocycles. The first kappa shape index (κ1) is 24.1. The summed E-state index contributed by atoms with van der Waals surface area (Å²) in [6.07, 6.45) is 4.79. The number of rotatable bonds is 7. The van der Waals surface area contributed by atoms with Crippen molar-refractivity contribution in [2.75, 3.05) is 5.73 Å². The number of fused-ring (bicyclic) bond motifs is 1. The number of hydrogen-bond acceptors (Lipinski definition) is 5. The minimum Gasteiger partial charge on any atom is -0.385 e. The number of carbonyl (C=O) groups excluding carboxylic acids is 1. The number of unbranched alkanes of at least 4 members (excludes halogenated alkanes) is 2. The molecule has 0 aliphatic rings. The van der Waals surface area contributed by atoms with Gasteiger partial charge in [0.15, 0.2) is 11.6 Å². The Kier molecular flexibility index (Phi) is 6.95. The van der Waals surface area contributed by atoms with Gasteiger partial charge in [0.05, 0.1) is 17.0 Å². The predicted molar refractivity (Wildman–Crippen MR) is 135 cm³/mol. The maximum absolute atomic E-state index is 13.6. The number of aromatic nitrogens is 6. The zero-order valence-corrected chi connectivity index (χ0v) is 20.5. The van der Waals surface area contributed by atoms with Gasteiger partial charge in [-0.1, -0.05) is 19.8 Å². The maximum Gasteiger partial charge on any atom is 0.163 e. The van der Waals surface area contributed by atoms with E-state index in [1.165, 1.54) is 19.1 Å². The van der Waals surface area contributed by atoms with E-state index in [-0.39, 0.29) is 11.6 Å². The quantitative estimate of drug-likeness (QED) is 0.272. The molecule has 4 aromatic rings. The molecule has 8 nitrogen and oxygen atoms in total. The highest BCUT2D eigenvalue weighted by Gasteiger charge is 2.17. The molecule has 3 N–H and O–H groups in total. The molecular weight excluding hydrogens is 445 g/mol. The van der Waals surface area contributed by atoms with Crippen molar-refractivity contribution in [1.29, 1.82) is 0 Å². The molecule has 0 amide bonds. The number of carbonyl (C=O) groups is 1. The molecule has 0 bridgehead atoms. The van der Waals surface area contributed by atoms with Crippen LogP contribution in [0.2, 0.25) is 0 Å². The molecule has 9 heteroatoms. The second kappa shape index (κ2) is 10.1. The van der Waals surface area contributed by atoms with Crippen molar-refractivity contribution in [3.05, 3.63) is 65.4 Å². The van der Waals surface area contributed by atoms with Gasteiger partial charge in [0.25, 0.3) is 0 Å². The zero-order valence-electron chi connectivity index (χ0n) is 20.5. The highest BCUT2D eigenvalue weighted by atomic mass is 19.1. The number of Topliss-reactive ketones (excluding diaryl/α,β-unsaturated/α-hetero) is 1. The Bertz CT molecular complexity index is 1430. The fourth-order valence-electron chi connectivity index (χ4n) is 4.29. The summed E-state index contributed by atoms with van der Waals surface area (Å²) >= 11 is 0. The number of anilines is 1. The molecule has 3 heterocycles. The lowest BCUT2D eigenvalue weighted by atomic mass is 10.1. The van der Waals surface area contributed by atoms with Crippen molar-refractivity contribution in [3.63, 3.8) is 0 Å². The molecule has 0 radical (unpaired) electrons. The molecule has 182 valence electrons. The van der Waals surface area contributed by atoms with E-state index in [0.29, 0.717) is 40.8 Å². The second-order valence-electron chi connectivity index (χ2n) is 8.59. The van der Waals surface area contributed by atoms with E-state index in [0.717, 1.165) is 35.9 Å². The zero-order chi connectivity index (χ0) is 25.1. The summed E-state index contributed by atoms with van der Waals surface area (Å²) in [6.45, 7) is 8.01. The molecule has 0 spiro atoms. The number of halogens is 1. The van der Waals surface area contributed by atoms with E-state index >= 15 is 0 Å². The summed E-state index contributed by atoms with van der Waals surface area (Å²) in [4.78, 5) is 20.0. The number of hydrogen-bond donors (Lipinski definition) is 2. The van der Waals surface area contributed by atoms with E-state index in [1.807, 2.05) is 17.7 Å². The summed E-state index contributed by atoms with van der Waals surface area (Å²) < 4.78 is 17.1. The Morgan fingerprint density at radius 3 is 2.51 bits per heavy atom. The van der Waals surface area contributed by atoms with Gasteiger partial charge in [0, 0.05) is 29.8 Å². The highest BCUT2D eigenvalue weighted by molar-refractivity contribution is 5.96. The summed E-state index contributed by atoms with van der Waals surface area (Å²) in [7, 11) is 0. The second-order valence-corrected chi connectivity index (χ2v) is 8.59. The van der Waals surface area contributed by atoms with Gasteiger partial charge in [-0.3, -0.25) is 4.79 Å². The van der Waals surface area contributed by atoms with E-state index in [2.05, 4.69) is 22.0 Å². The Hall–Kier alpha value is -4.01. The molecule has 35 heavy (non-hydrogen) atoms. The van der Waals surface area contributed by atoms with Crippen LogP contribution in [0.3, 0.4) is 0 Å². The Morgan fingerprint density at radius 2 is 1.86 bits per heavy atom. The van der Waals surface area contributed by atoms with Gasteiger partial charge in [-0.25, -0.2) is 18.7 Å². The first-order valence-corrected chi connectivity index (χ1v) is 11.7. The number of nitrogens with one attached hydrogen (secondary N) is 1. The van der Waals surface area contributed by atoms with E-state index < -0.39 is 0 Å². The summed E-state index contributed by atoms with van der Waals surface area (Å²) in [5.41, 5.74) is 10.5. The van der Waals surface area contributed by atoms with Crippen LogP contribution in [0, 0.1) is 19.7 Å². The average molecular weight is 476 g/mol. The predicted octanol–water partition coefficient (Wildman–Crippen LogP) is 5.47. The fourth-order valence-corrected chi connectivity index (χ4v) is 4.29. The van der Waals surface area contributed by atoms with Crippen LogP contribution < -0.4 is 5.73 Å². The molecule has 0 aliphatic heterocycles. The molecule has 0 aliphatic carbocycles. The SMILES string of the molecule is CCCCCn1nc(-c2ccc(F)cc2)c2ccnc(-n3nc(C)c(C(C)=O)c3C)cc(N)[nH]c21. The molecule has 0 fully saturated rings. The lowest BCUT2D eigenvalue weighted by Crippen LogP contribution is -2.04. The molecule has 3 aromatic heterocycles. The highest BCUT2D eigenvalue weighted by Crippen LogP contribution is 2.27. The normalized spacial score (nSPS) is 11.1. The molecule has 0 saturated heterocycles. The first-order chi connectivity index (χ1) is 16.8. The van der Waals surface area contributed by atoms with Crippen LogP contribution in [0.4, 0.5) is 10.2 Å². The number of ketones is 1. The van der Waals surface area contributed by atoms with Crippen molar-refractivity contribution in [3.8, 4) is 17.1 Å². The van der Waals surface area contributed by atoms with Gasteiger partial charge < -0.3 is 10.7 Å². The number of H-pyrrole nitrogens is 1. The van der Waals surface area contributed by atoms with Crippen molar-refractivity contribution in [2.45, 2.75) is 53.5 Å². The van der Waals surface area contributed by atoms with Crippen LogP contribution >= 0.6 is 0 Å². The molecule has 0 atom stereocenters. The van der Waals surface area contributed by atoms with E-state index in [1.54, 1.807) is 36.0 Å². The maximum atomic E-state index is 13.6. The number of aromatic amines is 1. The van der Waals surface area contributed by atoms with Gasteiger partial charge in [-0.15, -0.1) is 0 Å². The van der Waals surface area contributed by atoms with Crippen molar-refractivity contribution < 1.29 is 9.18 Å².